The molecule has 0 fully saturated rings. The molecular formula is C12H24MnN2O10S+4. The first-order chi connectivity index (χ1) is 8.95. The van der Waals surface area contributed by atoms with Gasteiger partial charge in [-0.3, -0.25) is 18.4 Å². The molecular weight excluding hydrogens is 419 g/mol. The van der Waals surface area contributed by atoms with Crippen LogP contribution in [0.25, 0.3) is 21.8 Å². The Balaban J connectivity index is -0.0000000762. The smallest absolute Gasteiger partial charge is 0.759 e. The normalized spacial score (nSPS) is 8.08. The van der Waals surface area contributed by atoms with Gasteiger partial charge in [0.1, 0.15) is 0 Å². The molecule has 0 saturated carbocycles. The maximum Gasteiger partial charge on any atom is 2.00 e. The van der Waals surface area contributed by atoms with E-state index in [1.165, 1.54) is 0 Å². The minimum atomic E-state index is -5.17. The van der Waals surface area contributed by atoms with E-state index in [1.807, 2.05) is 12.1 Å². The molecule has 0 spiro atoms. The Morgan fingerprint density at radius 3 is 1.23 bits per heavy atom. The molecule has 0 bridgehead atoms. The largest absolute Gasteiger partial charge is 2.00 e. The predicted octanol–water partition coefficient (Wildman–Crippen LogP) is -3.89. The molecule has 3 rings (SSSR count). The number of benzene rings is 1. The number of hydrogen-bond donors (Lipinski definition) is 0. The molecule has 3 aromatic rings. The SMILES string of the molecule is O.O.O=S(=O)([O-])[O-].[Mn+2].[OH3+].[OH3+].[OH3+].[OH3+].c1cnc2c(c1)ccc1cccnc12. The maximum absolute atomic E-state index is 8.52. The number of pyridine rings is 2. The van der Waals surface area contributed by atoms with E-state index >= 15 is 0 Å². The van der Waals surface area contributed by atoms with Crippen molar-refractivity contribution in [3.8, 4) is 0 Å². The van der Waals surface area contributed by atoms with Crippen molar-refractivity contribution in [1.29, 1.82) is 0 Å². The molecule has 0 unspecified atom stereocenters. The number of aromatic nitrogens is 2. The van der Waals surface area contributed by atoms with E-state index in [0.29, 0.717) is 0 Å². The fourth-order valence-corrected chi connectivity index (χ4v) is 1.68. The van der Waals surface area contributed by atoms with E-state index in [2.05, 4.69) is 34.2 Å². The number of rotatable bonds is 0. The van der Waals surface area contributed by atoms with Crippen LogP contribution in [-0.2, 0) is 49.4 Å². The molecule has 0 saturated heterocycles. The molecule has 26 heavy (non-hydrogen) atoms. The summed E-state index contributed by atoms with van der Waals surface area (Å²) in [6.45, 7) is 0. The Morgan fingerprint density at radius 2 is 0.962 bits per heavy atom. The predicted molar refractivity (Wildman–Crippen MR) is 94.2 cm³/mol. The van der Waals surface area contributed by atoms with Crippen molar-refractivity contribution >= 4 is 32.2 Å². The third kappa shape index (κ3) is 11.7. The second kappa shape index (κ2) is 16.6. The van der Waals surface area contributed by atoms with Crippen LogP contribution >= 0.6 is 0 Å². The third-order valence-corrected chi connectivity index (χ3v) is 2.34. The summed E-state index contributed by atoms with van der Waals surface area (Å²) in [4.78, 5) is 8.69. The number of fused-ring (bicyclic) bond motifs is 3. The van der Waals surface area contributed by atoms with Crippen LogP contribution in [0.5, 0.6) is 0 Å². The Hall–Kier alpha value is -1.81. The fraction of sp³-hybridized carbons (Fsp3) is 0. The van der Waals surface area contributed by atoms with Crippen molar-refractivity contribution in [2.24, 2.45) is 0 Å². The van der Waals surface area contributed by atoms with Crippen molar-refractivity contribution < 1.29 is 67.4 Å². The second-order valence-electron chi connectivity index (χ2n) is 3.62. The molecule has 151 valence electrons. The van der Waals surface area contributed by atoms with E-state index in [1.54, 1.807) is 12.4 Å². The molecule has 0 aliphatic carbocycles. The van der Waals surface area contributed by atoms with E-state index < -0.39 is 10.4 Å². The standard InChI is InChI=1S/C12H8N2.Mn.H2O4S.6H2O/c1-3-9-5-6-10-4-2-8-14-12(10)11(9)13-7-1;;1-5(2,3)4;;;;;;/h1-8H;;(H2,1,2,3,4);6*1H2/q;+2;;;;;;;/p+2. The first-order valence-corrected chi connectivity index (χ1v) is 6.53. The van der Waals surface area contributed by atoms with Crippen LogP contribution in [0.3, 0.4) is 0 Å². The molecule has 0 amide bonds. The summed E-state index contributed by atoms with van der Waals surface area (Å²) in [6, 6.07) is 12.1. The zero-order valence-electron chi connectivity index (χ0n) is 13.2. The van der Waals surface area contributed by atoms with Crippen molar-refractivity contribution in [2.75, 3.05) is 0 Å². The minimum Gasteiger partial charge on any atom is -0.759 e. The average molecular weight is 443 g/mol. The molecule has 0 aliphatic rings. The van der Waals surface area contributed by atoms with Crippen LogP contribution in [0.2, 0.25) is 0 Å². The molecule has 12 nitrogen and oxygen atoms in total. The summed E-state index contributed by atoms with van der Waals surface area (Å²) >= 11 is 0. The van der Waals surface area contributed by atoms with Crippen LogP contribution in [0, 0.1) is 0 Å². The van der Waals surface area contributed by atoms with Crippen molar-refractivity contribution in [1.82, 2.24) is 9.97 Å². The average Bonchev–Trinajstić information content (AvgIpc) is 2.37. The van der Waals surface area contributed by atoms with Crippen molar-refractivity contribution in [2.45, 2.75) is 0 Å². The van der Waals surface area contributed by atoms with Crippen LogP contribution in [0.1, 0.15) is 0 Å². The summed E-state index contributed by atoms with van der Waals surface area (Å²) < 4.78 is 34.1. The van der Waals surface area contributed by atoms with E-state index in [0.717, 1.165) is 21.8 Å². The van der Waals surface area contributed by atoms with Gasteiger partial charge in [0.25, 0.3) is 0 Å². The van der Waals surface area contributed by atoms with Gasteiger partial charge in [-0.25, -0.2) is 0 Å². The van der Waals surface area contributed by atoms with Crippen molar-refractivity contribution in [3.05, 3.63) is 48.8 Å². The molecule has 2 aromatic heterocycles. The van der Waals surface area contributed by atoms with Crippen LogP contribution < -0.4 is 0 Å². The zero-order valence-corrected chi connectivity index (χ0v) is 15.2. The van der Waals surface area contributed by atoms with E-state index in [-0.39, 0.29) is 49.9 Å². The quantitative estimate of drug-likeness (QED) is 0.110. The zero-order chi connectivity index (χ0) is 13.9. The van der Waals surface area contributed by atoms with Gasteiger partial charge in [-0.15, -0.1) is 0 Å². The van der Waals surface area contributed by atoms with Gasteiger partial charge in [-0.1, -0.05) is 24.3 Å². The van der Waals surface area contributed by atoms with E-state index in [9.17, 15) is 0 Å². The summed E-state index contributed by atoms with van der Waals surface area (Å²) in [5.74, 6) is 0. The molecule has 1 aromatic carbocycles. The number of nitrogens with zero attached hydrogens (tertiary/aromatic N) is 2. The van der Waals surface area contributed by atoms with Gasteiger partial charge in [0.05, 0.1) is 11.0 Å². The Kier molecular flexibility index (Phi) is 25.2. The molecule has 2 heterocycles. The van der Waals surface area contributed by atoms with E-state index in [4.69, 9.17) is 17.5 Å². The summed E-state index contributed by atoms with van der Waals surface area (Å²) in [5.41, 5.74) is 1.95. The topological polar surface area (TPSA) is 301 Å². The van der Waals surface area contributed by atoms with Gasteiger partial charge in [0.15, 0.2) is 0 Å². The first kappa shape index (κ1) is 39.3. The minimum absolute atomic E-state index is 0. The molecule has 1 radical (unpaired) electrons. The fourth-order valence-electron chi connectivity index (χ4n) is 1.68. The van der Waals surface area contributed by atoms with Gasteiger partial charge >= 0.3 is 17.1 Å². The third-order valence-electron chi connectivity index (χ3n) is 2.34. The van der Waals surface area contributed by atoms with Crippen LogP contribution in [0.15, 0.2) is 48.8 Å². The Bertz CT molecular complexity index is 771. The van der Waals surface area contributed by atoms with Crippen LogP contribution in [-0.4, -0.2) is 38.4 Å². The number of hydrogen-bond acceptors (Lipinski definition) is 6. The molecule has 16 N–H and O–H groups in total. The Labute approximate surface area is 158 Å². The van der Waals surface area contributed by atoms with Gasteiger partial charge in [0.2, 0.25) is 0 Å². The summed E-state index contributed by atoms with van der Waals surface area (Å²) in [5, 5.41) is 2.28. The molecule has 14 heteroatoms. The Morgan fingerprint density at radius 1 is 0.692 bits per heavy atom. The second-order valence-corrected chi connectivity index (χ2v) is 4.44. The van der Waals surface area contributed by atoms with Crippen molar-refractivity contribution in [3.63, 3.8) is 0 Å². The first-order valence-electron chi connectivity index (χ1n) is 5.20. The van der Waals surface area contributed by atoms with Gasteiger partial charge in [0, 0.05) is 33.6 Å². The van der Waals surface area contributed by atoms with Gasteiger partial charge in [-0.05, 0) is 12.1 Å². The monoisotopic (exact) mass is 443 g/mol. The summed E-state index contributed by atoms with van der Waals surface area (Å²) in [7, 11) is -5.17. The van der Waals surface area contributed by atoms with Gasteiger partial charge in [-0.2, -0.15) is 0 Å². The molecule has 0 atom stereocenters. The molecule has 0 aliphatic heterocycles. The maximum atomic E-state index is 8.52. The summed E-state index contributed by atoms with van der Waals surface area (Å²) in [6.07, 6.45) is 3.60. The van der Waals surface area contributed by atoms with Gasteiger partial charge < -0.3 is 42.0 Å². The van der Waals surface area contributed by atoms with Crippen LogP contribution in [0.4, 0.5) is 0 Å².